The van der Waals surface area contributed by atoms with Crippen LogP contribution in [0.5, 0.6) is 17.2 Å². The number of hydrogen-bond donors (Lipinski definition) is 6. The molecule has 0 bridgehead atoms. The molecule has 2 saturated heterocycles. The number of benzene rings is 7. The van der Waals surface area contributed by atoms with Gasteiger partial charge in [0, 0.05) is 96.3 Å². The quantitative estimate of drug-likeness (QED) is 0.0321. The van der Waals surface area contributed by atoms with Crippen LogP contribution in [0.2, 0.25) is 0 Å². The zero-order valence-corrected chi connectivity index (χ0v) is 57.3. The number of hydrogen-bond acceptors (Lipinski definition) is 19. The molecule has 0 atom stereocenters. The number of carbonyl (C=O) groups is 2. The van der Waals surface area contributed by atoms with Gasteiger partial charge in [-0.05, 0) is 167 Å². The fourth-order valence-corrected chi connectivity index (χ4v) is 13.2. The van der Waals surface area contributed by atoms with E-state index in [2.05, 4.69) is 83.8 Å². The molecule has 0 spiro atoms. The monoisotopic (exact) mass is 1350 g/mol. The first-order chi connectivity index (χ1) is 47.6. The number of nitrogens with one attached hydrogen (secondary N) is 4. The summed E-state index contributed by atoms with van der Waals surface area (Å²) in [6, 6.07) is 37.9. The van der Waals surface area contributed by atoms with E-state index in [0.29, 0.717) is 23.4 Å². The Morgan fingerprint density at radius 3 is 1.53 bits per heavy atom. The highest BCUT2D eigenvalue weighted by Gasteiger charge is 2.26. The number of methoxy groups -OCH3 is 2. The number of nitrogen functional groups attached to an aromatic ring is 1. The summed E-state index contributed by atoms with van der Waals surface area (Å²) in [5.41, 5.74) is 24.7. The lowest BCUT2D eigenvalue weighted by atomic mass is 9.97. The first kappa shape index (κ1) is 67.9. The van der Waals surface area contributed by atoms with Crippen molar-refractivity contribution in [3.63, 3.8) is 0 Å². The number of halogens is 1. The number of H-pyrrole nitrogens is 2. The number of non-ortho nitro benzene ring substituents is 1. The summed E-state index contributed by atoms with van der Waals surface area (Å²) in [6.07, 6.45) is 4.25. The molecule has 2 aliphatic rings. The molecule has 0 saturated carbocycles. The summed E-state index contributed by atoms with van der Waals surface area (Å²) < 4.78 is 27.0. The molecule has 2 aliphatic heterocycles. The Labute approximate surface area is 574 Å². The van der Waals surface area contributed by atoms with E-state index >= 15 is 0 Å². The predicted octanol–water partition coefficient (Wildman–Crippen LogP) is 15.2. The number of nitrogens with two attached hydrogens (primary N) is 2. The number of nitro benzene ring substituents is 1. The summed E-state index contributed by atoms with van der Waals surface area (Å²) in [6.45, 7) is 15.8. The number of rotatable bonds is 10. The van der Waals surface area contributed by atoms with Crippen LogP contribution in [-0.4, -0.2) is 133 Å². The molecule has 99 heavy (non-hydrogen) atoms. The first-order valence-corrected chi connectivity index (χ1v) is 32.8. The molecule has 15 rings (SSSR count). The second-order valence-electron chi connectivity index (χ2n) is 24.9. The zero-order chi connectivity index (χ0) is 69.9. The summed E-state index contributed by atoms with van der Waals surface area (Å²) in [7, 11) is 7.60. The van der Waals surface area contributed by atoms with E-state index in [9.17, 15) is 19.7 Å². The van der Waals surface area contributed by atoms with Gasteiger partial charge in [-0.25, -0.2) is 29.5 Å². The van der Waals surface area contributed by atoms with Crippen LogP contribution in [0.1, 0.15) is 60.2 Å². The molecule has 0 radical (unpaired) electrons. The van der Waals surface area contributed by atoms with Crippen molar-refractivity contribution >= 4 is 106 Å². The van der Waals surface area contributed by atoms with E-state index < -0.39 is 10.4 Å². The highest BCUT2D eigenvalue weighted by atomic mass is 35.5. The number of nitrogens with zero attached hydrogens (tertiary/aromatic N) is 9. The summed E-state index contributed by atoms with van der Waals surface area (Å²) in [4.78, 5) is 63.9. The summed E-state index contributed by atoms with van der Waals surface area (Å²) in [5, 5.41) is 32.5. The van der Waals surface area contributed by atoms with Crippen LogP contribution < -0.4 is 36.3 Å². The first-order valence-electron chi connectivity index (χ1n) is 32.4. The van der Waals surface area contributed by atoms with Crippen molar-refractivity contribution in [1.82, 2.24) is 55.3 Å². The van der Waals surface area contributed by atoms with Crippen LogP contribution in [-0.2, 0) is 0 Å². The number of piperidine rings is 2. The highest BCUT2D eigenvalue weighted by molar-refractivity contribution is 6.61. The maximum atomic E-state index is 13.0. The largest absolute Gasteiger partial charge is 0.496 e. The van der Waals surface area contributed by atoms with Crippen LogP contribution >= 0.6 is 11.6 Å². The Morgan fingerprint density at radius 2 is 1.07 bits per heavy atom. The molecular formula is C74H76ClN15O9. The van der Waals surface area contributed by atoms with E-state index in [1.165, 1.54) is 50.2 Å². The van der Waals surface area contributed by atoms with Crippen LogP contribution in [0.3, 0.4) is 0 Å². The lowest BCUT2D eigenvalue weighted by molar-refractivity contribution is -0.384. The van der Waals surface area contributed by atoms with Crippen LogP contribution in [0.25, 0.3) is 110 Å². The second kappa shape index (κ2) is 29.0. The van der Waals surface area contributed by atoms with Crippen molar-refractivity contribution < 1.29 is 37.8 Å². The highest BCUT2D eigenvalue weighted by Crippen LogP contribution is 2.45. The predicted molar refractivity (Wildman–Crippen MR) is 388 cm³/mol. The normalized spacial score (nSPS) is 13.8. The number of likely N-dealkylation sites (tertiary alicyclic amines) is 2. The molecule has 0 unspecified atom stereocenters. The third kappa shape index (κ3) is 14.4. The molecule has 24 nitrogen and oxygen atoms in total. The van der Waals surface area contributed by atoms with Gasteiger partial charge in [-0.2, -0.15) is 0 Å². The minimum Gasteiger partial charge on any atom is -0.496 e. The molecule has 0 aliphatic carbocycles. The zero-order valence-electron chi connectivity index (χ0n) is 56.6. The number of ether oxygens (including phenoxy) is 3. The Kier molecular flexibility index (Phi) is 19.9. The number of carbonyl (C=O) groups excluding carboxylic acids is 2. The Hall–Kier alpha value is -11.1. The lowest BCUT2D eigenvalue weighted by Gasteiger charge is -2.29. The minimum absolute atomic E-state index is 0.0747. The van der Waals surface area contributed by atoms with Crippen LogP contribution in [0, 0.1) is 51.7 Å². The number of aromatic amines is 2. The van der Waals surface area contributed by atoms with Gasteiger partial charge in [0.15, 0.2) is 0 Å². The number of aryl methyl sites for hydroxylation is 6. The third-order valence-electron chi connectivity index (χ3n) is 18.1. The van der Waals surface area contributed by atoms with Gasteiger partial charge in [0.1, 0.15) is 51.7 Å². The third-order valence-corrected chi connectivity index (χ3v) is 18.2. The molecule has 508 valence electrons. The average molecular weight is 1350 g/mol. The van der Waals surface area contributed by atoms with Crippen LogP contribution in [0.15, 0.2) is 130 Å². The van der Waals surface area contributed by atoms with Gasteiger partial charge < -0.3 is 65.1 Å². The van der Waals surface area contributed by atoms with Gasteiger partial charge in [0.05, 0.1) is 69.5 Å². The smallest absolute Gasteiger partial charge is 0.409 e. The Balaban J connectivity index is 0.000000148. The molecule has 8 heterocycles. The van der Waals surface area contributed by atoms with E-state index in [0.717, 1.165) is 176 Å². The van der Waals surface area contributed by atoms with Gasteiger partial charge in [-0.1, -0.05) is 71.0 Å². The number of aromatic nitrogens is 8. The molecule has 8 N–H and O–H groups in total. The molecule has 2 amide bonds. The van der Waals surface area contributed by atoms with Gasteiger partial charge in [-0.15, -0.1) is 0 Å². The number of anilines is 2. The minimum atomic E-state index is -0.978. The number of fused-ring (bicyclic) bond motifs is 8. The van der Waals surface area contributed by atoms with Crippen molar-refractivity contribution in [2.45, 2.75) is 79.3 Å². The second-order valence-corrected chi connectivity index (χ2v) is 25.2. The fourth-order valence-electron chi connectivity index (χ4n) is 13.1. The number of amides is 2. The standard InChI is InChI=1S/C34H35N7O3.C27H23N5O2.C7H4ClNO4.C6H14N2/c1-18-30(19(2)44-40-18)26-16-28-25(17-29(26)43-5)31-32(35-20(3)36-33(31)38-28)24-10-11-27(23-9-7-6-8-22(23)24)39-34(42)37-21-12-14-41(4)15-13-21;1-13-24(14(2)34-32-13)20-11-22-19(12-23(20)33-4)25-26(29-15(3)30-27(25)31-22)18-9-10-21(28)17-8-6-5-7-16(17)18;8-7(10)13-6-3-1-5(2-4-6)9(11)12;1-8-4-2-6(7)3-5-8/h6-11,16-17,21H,12-15H2,1-5H3,(H,35,36,38)(H2,37,39,42);5-12H,28H2,1-4H3,(H,29,30,31);1-4H;6H,2-5,7H2,1H3. The van der Waals surface area contributed by atoms with Crippen molar-refractivity contribution in [2.24, 2.45) is 5.73 Å². The Bertz CT molecular complexity index is 5160. The van der Waals surface area contributed by atoms with E-state index in [1.54, 1.807) is 14.2 Å². The van der Waals surface area contributed by atoms with Crippen LogP contribution in [0.4, 0.5) is 26.7 Å². The van der Waals surface area contributed by atoms with Gasteiger partial charge in [0.2, 0.25) is 0 Å². The molecule has 6 aromatic heterocycles. The lowest BCUT2D eigenvalue weighted by Crippen LogP contribution is -2.44. The van der Waals surface area contributed by atoms with Gasteiger partial charge in [-0.3, -0.25) is 10.1 Å². The maximum Gasteiger partial charge on any atom is 0.409 e. The summed E-state index contributed by atoms with van der Waals surface area (Å²) >= 11 is 4.92. The molecule has 13 aromatic rings. The maximum absolute atomic E-state index is 13.0. The van der Waals surface area contributed by atoms with Gasteiger partial charge in [0.25, 0.3) is 5.69 Å². The molecule has 7 aromatic carbocycles. The average Bonchev–Trinajstić information content (AvgIpc) is 1.67. The van der Waals surface area contributed by atoms with E-state index in [-0.39, 0.29) is 23.5 Å². The van der Waals surface area contributed by atoms with E-state index in [1.807, 2.05) is 114 Å². The molecular weight excluding hydrogens is 1280 g/mol. The number of nitro groups is 1. The van der Waals surface area contributed by atoms with Crippen molar-refractivity contribution in [3.8, 4) is 62.0 Å². The van der Waals surface area contributed by atoms with Crippen molar-refractivity contribution in [2.75, 3.05) is 65.5 Å². The van der Waals surface area contributed by atoms with Crippen molar-refractivity contribution in [1.29, 1.82) is 0 Å². The SMILES string of the molecule is CN1CCC(N)CC1.COc1cc2c(cc1-c1c(C)noc1C)[nH]c1nc(C)nc(-c3ccc(N)c4ccccc34)c12.COc1cc2c(cc1-c1c(C)noc1C)[nH]c1nc(C)nc(-c3ccc(NC(=O)NC4CCN(C)CC4)c4ccccc34)c12.O=C(Cl)Oc1ccc([N+](=O)[O-])cc1. The van der Waals surface area contributed by atoms with Crippen molar-refractivity contribution in [3.05, 3.63) is 166 Å². The fraction of sp³-hybridized carbons (Fsp3) is 0.270. The summed E-state index contributed by atoms with van der Waals surface area (Å²) in [5.74, 6) is 4.43. The van der Waals surface area contributed by atoms with E-state index in [4.69, 9.17) is 61.5 Å². The molecule has 2 fully saturated rings. The number of urea groups is 1. The van der Waals surface area contributed by atoms with Gasteiger partial charge >= 0.3 is 11.5 Å². The molecule has 25 heteroatoms. The Morgan fingerprint density at radius 1 is 0.606 bits per heavy atom. The topological polar surface area (TPSA) is 323 Å².